The van der Waals surface area contributed by atoms with Crippen LogP contribution in [-0.4, -0.2) is 46.8 Å². The molecule has 0 bridgehead atoms. The van der Waals surface area contributed by atoms with Gasteiger partial charge < -0.3 is 31.3 Å². The summed E-state index contributed by atoms with van der Waals surface area (Å²) >= 11 is 0. The van der Waals surface area contributed by atoms with E-state index >= 15 is 0 Å². The molecule has 0 unspecified atom stereocenters. The Morgan fingerprint density at radius 3 is 2.17 bits per heavy atom. The highest BCUT2D eigenvalue weighted by Crippen LogP contribution is 2.11. The maximum absolute atomic E-state index is 12.4. The predicted octanol–water partition coefficient (Wildman–Crippen LogP) is 0.192. The third kappa shape index (κ3) is 7.15. The van der Waals surface area contributed by atoms with E-state index in [0.717, 1.165) is 5.56 Å². The van der Waals surface area contributed by atoms with Gasteiger partial charge in [0.05, 0.1) is 6.61 Å². The third-order valence-corrected chi connectivity index (χ3v) is 4.04. The molecule has 2 aromatic carbocycles. The van der Waals surface area contributed by atoms with Crippen LogP contribution in [0.5, 0.6) is 5.75 Å². The van der Waals surface area contributed by atoms with Crippen molar-refractivity contribution in [2.24, 2.45) is 5.73 Å². The van der Waals surface area contributed by atoms with Crippen molar-refractivity contribution in [1.29, 1.82) is 0 Å². The molecule has 9 heteroatoms. The summed E-state index contributed by atoms with van der Waals surface area (Å²) in [5.41, 5.74) is 6.75. The normalized spacial score (nSPS) is 12.4. The van der Waals surface area contributed by atoms with Crippen LogP contribution in [0.25, 0.3) is 0 Å². The quantitative estimate of drug-likeness (QED) is 0.405. The Morgan fingerprint density at radius 1 is 0.931 bits per heavy atom. The largest absolute Gasteiger partial charge is 0.508 e. The Balaban J connectivity index is 1.91. The summed E-state index contributed by atoms with van der Waals surface area (Å²) in [6, 6.07) is 12.6. The molecule has 0 heterocycles. The van der Waals surface area contributed by atoms with Crippen LogP contribution in [0.2, 0.25) is 0 Å². The number of primary amides is 1. The zero-order valence-corrected chi connectivity index (χ0v) is 15.6. The van der Waals surface area contributed by atoms with E-state index in [1.54, 1.807) is 36.4 Å². The number of benzene rings is 2. The first-order valence-corrected chi connectivity index (χ1v) is 8.84. The molecule has 6 N–H and O–H groups in total. The molecule has 154 valence electrons. The van der Waals surface area contributed by atoms with Crippen LogP contribution >= 0.6 is 0 Å². The van der Waals surface area contributed by atoms with Crippen molar-refractivity contribution in [2.45, 2.75) is 25.1 Å². The lowest BCUT2D eigenvalue weighted by Gasteiger charge is -2.20. The van der Waals surface area contributed by atoms with E-state index in [-0.39, 0.29) is 18.8 Å². The van der Waals surface area contributed by atoms with Crippen molar-refractivity contribution in [3.8, 4) is 5.75 Å². The zero-order chi connectivity index (χ0) is 21.2. The minimum absolute atomic E-state index is 0.00277. The van der Waals surface area contributed by atoms with Crippen molar-refractivity contribution in [1.82, 2.24) is 10.6 Å². The standard InChI is InChI=1S/C20H23N3O6/c21-18(26)16(10-13-6-8-15(25)9-7-13)22-19(27)17(11-24)23-20(28)29-12-14-4-2-1-3-5-14/h1-9,16-17,24-25H,10-12H2,(H2,21,26)(H,22,27)(H,23,28)/t16-,17-/m0/s1. The molecular formula is C20H23N3O6. The number of aromatic hydroxyl groups is 1. The molecule has 0 radical (unpaired) electrons. The summed E-state index contributed by atoms with van der Waals surface area (Å²) in [6.07, 6.45) is -0.810. The van der Waals surface area contributed by atoms with Crippen LogP contribution in [0, 0.1) is 0 Å². The van der Waals surface area contributed by atoms with Crippen LogP contribution in [0.3, 0.4) is 0 Å². The van der Waals surface area contributed by atoms with Crippen molar-refractivity contribution < 1.29 is 29.3 Å². The summed E-state index contributed by atoms with van der Waals surface area (Å²) in [5, 5.41) is 23.4. The second-order valence-corrected chi connectivity index (χ2v) is 6.28. The minimum atomic E-state index is -1.32. The molecule has 9 nitrogen and oxygen atoms in total. The molecular weight excluding hydrogens is 378 g/mol. The van der Waals surface area contributed by atoms with Gasteiger partial charge in [0.2, 0.25) is 11.8 Å². The molecule has 0 spiro atoms. The fourth-order valence-corrected chi connectivity index (χ4v) is 2.46. The van der Waals surface area contributed by atoms with Gasteiger partial charge in [-0.25, -0.2) is 4.79 Å². The Hall–Kier alpha value is -3.59. The van der Waals surface area contributed by atoms with Crippen molar-refractivity contribution in [2.75, 3.05) is 6.61 Å². The number of hydrogen-bond acceptors (Lipinski definition) is 6. The number of rotatable bonds is 9. The highest BCUT2D eigenvalue weighted by Gasteiger charge is 2.25. The molecule has 2 aromatic rings. The van der Waals surface area contributed by atoms with Gasteiger partial charge in [0.1, 0.15) is 24.4 Å². The van der Waals surface area contributed by atoms with E-state index in [1.807, 2.05) is 6.07 Å². The average Bonchev–Trinajstić information content (AvgIpc) is 2.72. The number of alkyl carbamates (subject to hydrolysis) is 1. The number of phenols is 1. The smallest absolute Gasteiger partial charge is 0.408 e. The Kier molecular flexibility index (Phi) is 7.99. The first-order valence-electron chi connectivity index (χ1n) is 8.84. The lowest BCUT2D eigenvalue weighted by molar-refractivity contribution is -0.129. The molecule has 0 fully saturated rings. The summed E-state index contributed by atoms with van der Waals surface area (Å²) < 4.78 is 5.01. The van der Waals surface area contributed by atoms with E-state index in [4.69, 9.17) is 10.5 Å². The lowest BCUT2D eigenvalue weighted by Crippen LogP contribution is -2.54. The Morgan fingerprint density at radius 2 is 1.59 bits per heavy atom. The first-order chi connectivity index (χ1) is 13.9. The number of aliphatic hydroxyl groups excluding tert-OH is 1. The van der Waals surface area contributed by atoms with E-state index in [9.17, 15) is 24.6 Å². The number of phenolic OH excluding ortho intramolecular Hbond substituents is 1. The molecule has 2 rings (SSSR count). The Labute approximate surface area is 167 Å². The van der Waals surface area contributed by atoms with Gasteiger partial charge in [0, 0.05) is 6.42 Å². The third-order valence-electron chi connectivity index (χ3n) is 4.04. The number of hydrogen-bond donors (Lipinski definition) is 5. The van der Waals surface area contributed by atoms with Crippen molar-refractivity contribution in [3.05, 3.63) is 65.7 Å². The van der Waals surface area contributed by atoms with Gasteiger partial charge in [-0.2, -0.15) is 0 Å². The summed E-state index contributed by atoms with van der Waals surface area (Å²) in [4.78, 5) is 35.9. The molecule has 29 heavy (non-hydrogen) atoms. The number of nitrogens with one attached hydrogen (secondary N) is 2. The second kappa shape index (κ2) is 10.7. The fraction of sp³-hybridized carbons (Fsp3) is 0.250. The van der Waals surface area contributed by atoms with Gasteiger partial charge in [-0.05, 0) is 23.3 Å². The maximum atomic E-state index is 12.4. The van der Waals surface area contributed by atoms with Crippen molar-refractivity contribution >= 4 is 17.9 Å². The van der Waals surface area contributed by atoms with Crippen molar-refractivity contribution in [3.63, 3.8) is 0 Å². The molecule has 0 aliphatic carbocycles. The van der Waals surface area contributed by atoms with E-state index in [2.05, 4.69) is 10.6 Å². The number of aliphatic hydroxyl groups is 1. The van der Waals surface area contributed by atoms with Gasteiger partial charge in [-0.3, -0.25) is 9.59 Å². The molecule has 0 aromatic heterocycles. The van der Waals surface area contributed by atoms with E-state index < -0.39 is 36.6 Å². The highest BCUT2D eigenvalue weighted by atomic mass is 16.5. The number of nitrogens with two attached hydrogens (primary N) is 1. The van der Waals surface area contributed by atoms with Crippen LogP contribution in [0.4, 0.5) is 4.79 Å². The fourth-order valence-electron chi connectivity index (χ4n) is 2.46. The van der Waals surface area contributed by atoms with Gasteiger partial charge in [-0.15, -0.1) is 0 Å². The predicted molar refractivity (Wildman–Crippen MR) is 104 cm³/mol. The lowest BCUT2D eigenvalue weighted by atomic mass is 10.0. The van der Waals surface area contributed by atoms with Gasteiger partial charge >= 0.3 is 6.09 Å². The summed E-state index contributed by atoms with van der Waals surface area (Å²) in [7, 11) is 0. The van der Waals surface area contributed by atoms with Crippen LogP contribution < -0.4 is 16.4 Å². The zero-order valence-electron chi connectivity index (χ0n) is 15.6. The summed E-state index contributed by atoms with van der Waals surface area (Å²) in [6.45, 7) is -0.700. The van der Waals surface area contributed by atoms with E-state index in [0.29, 0.717) is 5.56 Å². The number of amides is 3. The molecule has 0 saturated heterocycles. The van der Waals surface area contributed by atoms with Gasteiger partial charge in [0.15, 0.2) is 0 Å². The molecule has 2 atom stereocenters. The van der Waals surface area contributed by atoms with Gasteiger partial charge in [-0.1, -0.05) is 42.5 Å². The van der Waals surface area contributed by atoms with Crippen LogP contribution in [-0.2, 0) is 27.4 Å². The monoisotopic (exact) mass is 401 g/mol. The topological polar surface area (TPSA) is 151 Å². The number of carbonyl (C=O) groups is 3. The highest BCUT2D eigenvalue weighted by molar-refractivity contribution is 5.91. The SMILES string of the molecule is NC(=O)[C@H](Cc1ccc(O)cc1)NC(=O)[C@H](CO)NC(=O)OCc1ccccc1. The molecule has 0 saturated carbocycles. The molecule has 0 aliphatic rings. The number of carbonyl (C=O) groups excluding carboxylic acids is 3. The van der Waals surface area contributed by atoms with Crippen LogP contribution in [0.15, 0.2) is 54.6 Å². The Bertz CT molecular complexity index is 826. The number of ether oxygens (including phenoxy) is 1. The maximum Gasteiger partial charge on any atom is 0.408 e. The molecule has 0 aliphatic heterocycles. The summed E-state index contributed by atoms with van der Waals surface area (Å²) in [5.74, 6) is -1.51. The van der Waals surface area contributed by atoms with E-state index in [1.165, 1.54) is 12.1 Å². The second-order valence-electron chi connectivity index (χ2n) is 6.28. The average molecular weight is 401 g/mol. The molecule has 3 amide bonds. The first kappa shape index (κ1) is 21.7. The van der Waals surface area contributed by atoms with Gasteiger partial charge in [0.25, 0.3) is 0 Å². The van der Waals surface area contributed by atoms with Crippen LogP contribution in [0.1, 0.15) is 11.1 Å². The minimum Gasteiger partial charge on any atom is -0.508 e.